The Balaban J connectivity index is 2.08. The fraction of sp³-hybridized carbons (Fsp3) is 0.727. The van der Waals surface area contributed by atoms with Crippen molar-refractivity contribution in [3.05, 3.63) is 16.1 Å². The third-order valence-electron chi connectivity index (χ3n) is 3.26. The van der Waals surface area contributed by atoms with Crippen LogP contribution >= 0.6 is 11.3 Å². The molecule has 1 saturated carbocycles. The van der Waals surface area contributed by atoms with Crippen LogP contribution in [0.5, 0.6) is 0 Å². The number of hydrogen-bond donors (Lipinski definition) is 2. The van der Waals surface area contributed by atoms with E-state index in [9.17, 15) is 0 Å². The number of hydrazine groups is 1. The van der Waals surface area contributed by atoms with Gasteiger partial charge in [-0.05, 0) is 25.7 Å². The Morgan fingerprint density at radius 3 is 2.73 bits per heavy atom. The van der Waals surface area contributed by atoms with Crippen molar-refractivity contribution in [1.29, 1.82) is 0 Å². The Morgan fingerprint density at radius 2 is 2.20 bits per heavy atom. The Labute approximate surface area is 95.1 Å². The van der Waals surface area contributed by atoms with E-state index in [2.05, 4.69) is 15.8 Å². The SMILES string of the molecule is Cc1nc(C(NN)C2CCCCC2)cs1. The summed E-state index contributed by atoms with van der Waals surface area (Å²) in [6, 6.07) is 0.259. The van der Waals surface area contributed by atoms with Gasteiger partial charge in [0.05, 0.1) is 16.7 Å². The smallest absolute Gasteiger partial charge is 0.0898 e. The van der Waals surface area contributed by atoms with E-state index in [0.29, 0.717) is 5.92 Å². The molecule has 0 saturated heterocycles. The zero-order chi connectivity index (χ0) is 10.7. The summed E-state index contributed by atoms with van der Waals surface area (Å²) in [5.74, 6) is 6.33. The molecule has 1 aliphatic rings. The zero-order valence-corrected chi connectivity index (χ0v) is 10.0. The molecule has 1 fully saturated rings. The highest BCUT2D eigenvalue weighted by Crippen LogP contribution is 2.34. The number of nitrogens with two attached hydrogens (primary N) is 1. The predicted octanol–water partition coefficient (Wildman–Crippen LogP) is 2.54. The van der Waals surface area contributed by atoms with Crippen LogP contribution in [0.4, 0.5) is 0 Å². The molecule has 84 valence electrons. The van der Waals surface area contributed by atoms with Gasteiger partial charge >= 0.3 is 0 Å². The van der Waals surface area contributed by atoms with Gasteiger partial charge in [-0.25, -0.2) is 4.98 Å². The summed E-state index contributed by atoms with van der Waals surface area (Å²) in [6.07, 6.45) is 6.62. The monoisotopic (exact) mass is 225 g/mol. The van der Waals surface area contributed by atoms with Crippen LogP contribution in [0.15, 0.2) is 5.38 Å². The first-order valence-electron chi connectivity index (χ1n) is 5.69. The van der Waals surface area contributed by atoms with E-state index >= 15 is 0 Å². The number of nitrogens with zero attached hydrogens (tertiary/aromatic N) is 1. The molecule has 4 heteroatoms. The zero-order valence-electron chi connectivity index (χ0n) is 9.20. The van der Waals surface area contributed by atoms with Crippen molar-refractivity contribution in [2.75, 3.05) is 0 Å². The van der Waals surface area contributed by atoms with Gasteiger partial charge in [-0.3, -0.25) is 11.3 Å². The summed E-state index contributed by atoms with van der Waals surface area (Å²) >= 11 is 1.71. The van der Waals surface area contributed by atoms with Crippen LogP contribution in [-0.4, -0.2) is 4.98 Å². The Morgan fingerprint density at radius 1 is 1.47 bits per heavy atom. The van der Waals surface area contributed by atoms with E-state index in [1.807, 2.05) is 6.92 Å². The molecule has 1 unspecified atom stereocenters. The molecule has 1 aromatic heterocycles. The van der Waals surface area contributed by atoms with Gasteiger partial charge in [-0.2, -0.15) is 0 Å². The van der Waals surface area contributed by atoms with Crippen molar-refractivity contribution in [3.63, 3.8) is 0 Å². The summed E-state index contributed by atoms with van der Waals surface area (Å²) in [4.78, 5) is 4.53. The second kappa shape index (κ2) is 5.05. The van der Waals surface area contributed by atoms with Crippen LogP contribution in [0.25, 0.3) is 0 Å². The van der Waals surface area contributed by atoms with E-state index < -0.39 is 0 Å². The van der Waals surface area contributed by atoms with Gasteiger partial charge in [0.15, 0.2) is 0 Å². The summed E-state index contributed by atoms with van der Waals surface area (Å²) in [5.41, 5.74) is 4.08. The molecule has 1 aromatic rings. The summed E-state index contributed by atoms with van der Waals surface area (Å²) < 4.78 is 0. The lowest BCUT2D eigenvalue weighted by molar-refractivity contribution is 0.270. The molecular weight excluding hydrogens is 206 g/mol. The minimum absolute atomic E-state index is 0.259. The molecular formula is C11H19N3S. The van der Waals surface area contributed by atoms with Crippen LogP contribution in [0, 0.1) is 12.8 Å². The van der Waals surface area contributed by atoms with E-state index in [0.717, 1.165) is 10.7 Å². The second-order valence-corrected chi connectivity index (χ2v) is 5.40. The normalized spacial score (nSPS) is 20.4. The topological polar surface area (TPSA) is 50.9 Å². The van der Waals surface area contributed by atoms with Gasteiger partial charge < -0.3 is 0 Å². The lowest BCUT2D eigenvalue weighted by Gasteiger charge is -2.28. The third kappa shape index (κ3) is 2.56. The van der Waals surface area contributed by atoms with Crippen LogP contribution in [0.1, 0.15) is 48.8 Å². The number of rotatable bonds is 3. The molecule has 1 atom stereocenters. The number of nitrogens with one attached hydrogen (secondary N) is 1. The first kappa shape index (κ1) is 11.0. The van der Waals surface area contributed by atoms with Gasteiger partial charge in [-0.15, -0.1) is 11.3 Å². The highest BCUT2D eigenvalue weighted by molar-refractivity contribution is 7.09. The molecule has 0 amide bonds. The molecule has 3 N–H and O–H groups in total. The average Bonchev–Trinajstić information content (AvgIpc) is 2.68. The number of aromatic nitrogens is 1. The van der Waals surface area contributed by atoms with Gasteiger partial charge in [0.1, 0.15) is 0 Å². The largest absolute Gasteiger partial charge is 0.271 e. The van der Waals surface area contributed by atoms with Gasteiger partial charge in [0, 0.05) is 5.38 Å². The first-order chi connectivity index (χ1) is 7.31. The highest BCUT2D eigenvalue weighted by Gasteiger charge is 2.25. The van der Waals surface area contributed by atoms with Crippen LogP contribution in [0.3, 0.4) is 0 Å². The number of hydrogen-bond acceptors (Lipinski definition) is 4. The maximum atomic E-state index is 5.66. The highest BCUT2D eigenvalue weighted by atomic mass is 32.1. The van der Waals surface area contributed by atoms with E-state index in [4.69, 9.17) is 5.84 Å². The fourth-order valence-electron chi connectivity index (χ4n) is 2.45. The lowest BCUT2D eigenvalue weighted by atomic mass is 9.83. The van der Waals surface area contributed by atoms with Crippen molar-refractivity contribution >= 4 is 11.3 Å². The lowest BCUT2D eigenvalue weighted by Crippen LogP contribution is -2.34. The maximum absolute atomic E-state index is 5.66. The molecule has 0 spiro atoms. The first-order valence-corrected chi connectivity index (χ1v) is 6.57. The van der Waals surface area contributed by atoms with Crippen LogP contribution in [-0.2, 0) is 0 Å². The van der Waals surface area contributed by atoms with E-state index in [1.54, 1.807) is 11.3 Å². The molecule has 1 heterocycles. The minimum Gasteiger partial charge on any atom is -0.271 e. The van der Waals surface area contributed by atoms with Crippen molar-refractivity contribution in [2.24, 2.45) is 11.8 Å². The molecule has 2 rings (SSSR count). The van der Waals surface area contributed by atoms with Gasteiger partial charge in [0.2, 0.25) is 0 Å². The Kier molecular flexibility index (Phi) is 3.72. The maximum Gasteiger partial charge on any atom is 0.0898 e. The molecule has 0 aromatic carbocycles. The van der Waals surface area contributed by atoms with Crippen molar-refractivity contribution in [1.82, 2.24) is 10.4 Å². The second-order valence-electron chi connectivity index (χ2n) is 4.33. The molecule has 0 radical (unpaired) electrons. The molecule has 3 nitrogen and oxygen atoms in total. The van der Waals surface area contributed by atoms with Crippen LogP contribution < -0.4 is 11.3 Å². The summed E-state index contributed by atoms with van der Waals surface area (Å²) in [5, 5.41) is 3.26. The van der Waals surface area contributed by atoms with Crippen molar-refractivity contribution in [2.45, 2.75) is 45.1 Å². The molecule has 15 heavy (non-hydrogen) atoms. The van der Waals surface area contributed by atoms with Gasteiger partial charge in [0.25, 0.3) is 0 Å². The van der Waals surface area contributed by atoms with Crippen LogP contribution in [0.2, 0.25) is 0 Å². The predicted molar refractivity (Wildman–Crippen MR) is 63.5 cm³/mol. The van der Waals surface area contributed by atoms with Crippen molar-refractivity contribution in [3.8, 4) is 0 Å². The Bertz CT molecular complexity index is 305. The Hall–Kier alpha value is -0.450. The average molecular weight is 225 g/mol. The fourth-order valence-corrected chi connectivity index (χ4v) is 3.10. The summed E-state index contributed by atoms with van der Waals surface area (Å²) in [7, 11) is 0. The number of thiazole rings is 1. The molecule has 0 bridgehead atoms. The third-order valence-corrected chi connectivity index (χ3v) is 4.05. The quantitative estimate of drug-likeness (QED) is 0.614. The summed E-state index contributed by atoms with van der Waals surface area (Å²) in [6.45, 7) is 2.04. The minimum atomic E-state index is 0.259. The molecule has 0 aliphatic heterocycles. The van der Waals surface area contributed by atoms with E-state index in [1.165, 1.54) is 32.1 Å². The molecule has 1 aliphatic carbocycles. The van der Waals surface area contributed by atoms with Gasteiger partial charge in [-0.1, -0.05) is 19.3 Å². The van der Waals surface area contributed by atoms with Crippen molar-refractivity contribution < 1.29 is 0 Å². The van der Waals surface area contributed by atoms with E-state index in [-0.39, 0.29) is 6.04 Å². The standard InChI is InChI=1S/C11H19N3S/c1-8-13-10(7-15-8)11(14-12)9-5-3-2-4-6-9/h7,9,11,14H,2-6,12H2,1H3. The number of aryl methyl sites for hydroxylation is 1.